The highest BCUT2D eigenvalue weighted by Crippen LogP contribution is 2.21. The van der Waals surface area contributed by atoms with E-state index in [1.54, 1.807) is 12.1 Å². The summed E-state index contributed by atoms with van der Waals surface area (Å²) in [5.74, 6) is 0.112. The molecule has 2 aliphatic heterocycles. The molecule has 2 atom stereocenters. The second kappa shape index (κ2) is 9.33. The van der Waals surface area contributed by atoms with Crippen molar-refractivity contribution in [1.29, 1.82) is 0 Å². The third-order valence-corrected chi connectivity index (χ3v) is 5.20. The lowest BCUT2D eigenvalue weighted by molar-refractivity contribution is -0.119. The second-order valence-electron chi connectivity index (χ2n) is 7.68. The molecule has 2 aliphatic rings. The minimum atomic E-state index is -0.0600. The summed E-state index contributed by atoms with van der Waals surface area (Å²) in [4.78, 5) is 28.5. The van der Waals surface area contributed by atoms with Crippen LogP contribution in [-0.4, -0.2) is 61.6 Å². The van der Waals surface area contributed by atoms with Gasteiger partial charge in [-0.05, 0) is 57.4 Å². The average Bonchev–Trinajstić information content (AvgIpc) is 2.65. The van der Waals surface area contributed by atoms with E-state index in [-0.39, 0.29) is 24.0 Å². The standard InChI is InChI=1S/C21H31N3O3/c1-16-14-23(15-17(2)27-16)12-5-11-22-21(26)18-7-9-19(10-8-18)24-13-4-3-6-20(24)25/h7-10,16-17H,3-6,11-15H2,1-2H3,(H,22,26). The molecule has 148 valence electrons. The highest BCUT2D eigenvalue weighted by molar-refractivity contribution is 5.96. The molecule has 0 spiro atoms. The first-order valence-electron chi connectivity index (χ1n) is 10.1. The molecule has 0 aromatic heterocycles. The molecule has 6 nitrogen and oxygen atoms in total. The minimum absolute atomic E-state index is 0.0600. The summed E-state index contributed by atoms with van der Waals surface area (Å²) >= 11 is 0. The van der Waals surface area contributed by atoms with Gasteiger partial charge in [0, 0.05) is 50.4 Å². The maximum absolute atomic E-state index is 12.3. The number of ether oxygens (including phenoxy) is 1. The van der Waals surface area contributed by atoms with Gasteiger partial charge in [0.05, 0.1) is 12.2 Å². The van der Waals surface area contributed by atoms with Crippen molar-refractivity contribution in [2.75, 3.05) is 37.6 Å². The first kappa shape index (κ1) is 19.8. The molecule has 1 aromatic rings. The van der Waals surface area contributed by atoms with Gasteiger partial charge in [0.15, 0.2) is 0 Å². The fourth-order valence-corrected chi connectivity index (χ4v) is 3.95. The molecule has 2 saturated heterocycles. The number of nitrogens with zero attached hydrogens (tertiary/aromatic N) is 2. The number of carbonyl (C=O) groups excluding carboxylic acids is 2. The summed E-state index contributed by atoms with van der Waals surface area (Å²) in [6.07, 6.45) is 4.09. The Morgan fingerprint density at radius 1 is 1.15 bits per heavy atom. The third kappa shape index (κ3) is 5.53. The largest absolute Gasteiger partial charge is 0.373 e. The van der Waals surface area contributed by atoms with Crippen LogP contribution in [0.4, 0.5) is 5.69 Å². The number of morpholine rings is 1. The fraction of sp³-hybridized carbons (Fsp3) is 0.619. The number of benzene rings is 1. The molecule has 0 aliphatic carbocycles. The van der Waals surface area contributed by atoms with E-state index in [1.807, 2.05) is 17.0 Å². The zero-order valence-corrected chi connectivity index (χ0v) is 16.4. The molecule has 0 saturated carbocycles. The van der Waals surface area contributed by atoms with E-state index < -0.39 is 0 Å². The second-order valence-corrected chi connectivity index (χ2v) is 7.68. The third-order valence-electron chi connectivity index (χ3n) is 5.20. The van der Waals surface area contributed by atoms with Crippen LogP contribution in [0, 0.1) is 0 Å². The maximum Gasteiger partial charge on any atom is 0.251 e. The van der Waals surface area contributed by atoms with E-state index >= 15 is 0 Å². The van der Waals surface area contributed by atoms with E-state index in [0.717, 1.165) is 51.1 Å². The number of nitrogens with one attached hydrogen (secondary N) is 1. The number of hydrogen-bond acceptors (Lipinski definition) is 4. The van der Waals surface area contributed by atoms with Crippen LogP contribution < -0.4 is 10.2 Å². The van der Waals surface area contributed by atoms with Crippen LogP contribution in [0.1, 0.15) is 49.9 Å². The average molecular weight is 373 g/mol. The SMILES string of the molecule is CC1CN(CCCNC(=O)c2ccc(N3CCCCC3=O)cc2)CC(C)O1. The Balaban J connectivity index is 1.42. The molecular formula is C21H31N3O3. The Morgan fingerprint density at radius 2 is 1.85 bits per heavy atom. The number of amides is 2. The van der Waals surface area contributed by atoms with Gasteiger partial charge >= 0.3 is 0 Å². The van der Waals surface area contributed by atoms with Gasteiger partial charge in [-0.25, -0.2) is 0 Å². The van der Waals surface area contributed by atoms with E-state index in [1.165, 1.54) is 0 Å². The molecule has 2 heterocycles. The lowest BCUT2D eigenvalue weighted by Crippen LogP contribution is -2.46. The van der Waals surface area contributed by atoms with Crippen molar-refractivity contribution in [3.63, 3.8) is 0 Å². The van der Waals surface area contributed by atoms with E-state index in [2.05, 4.69) is 24.1 Å². The van der Waals surface area contributed by atoms with Crippen molar-refractivity contribution in [2.45, 2.75) is 51.7 Å². The summed E-state index contributed by atoms with van der Waals surface area (Å²) in [5, 5.41) is 2.99. The zero-order chi connectivity index (χ0) is 19.2. The first-order chi connectivity index (χ1) is 13.0. The van der Waals surface area contributed by atoms with Gasteiger partial charge in [0.2, 0.25) is 5.91 Å². The quantitative estimate of drug-likeness (QED) is 0.778. The monoisotopic (exact) mass is 373 g/mol. The molecular weight excluding hydrogens is 342 g/mol. The molecule has 6 heteroatoms. The highest BCUT2D eigenvalue weighted by Gasteiger charge is 2.22. The molecule has 2 amide bonds. The van der Waals surface area contributed by atoms with E-state index in [9.17, 15) is 9.59 Å². The van der Waals surface area contributed by atoms with Gasteiger partial charge in [-0.1, -0.05) is 0 Å². The van der Waals surface area contributed by atoms with Crippen LogP contribution in [0.3, 0.4) is 0 Å². The summed E-state index contributed by atoms with van der Waals surface area (Å²) in [5.41, 5.74) is 1.52. The van der Waals surface area contributed by atoms with Crippen molar-refractivity contribution >= 4 is 17.5 Å². The van der Waals surface area contributed by atoms with Crippen LogP contribution in [0.5, 0.6) is 0 Å². The van der Waals surface area contributed by atoms with E-state index in [4.69, 9.17) is 4.74 Å². The molecule has 2 unspecified atom stereocenters. The Labute approximate surface area is 161 Å². The van der Waals surface area contributed by atoms with Crippen molar-refractivity contribution < 1.29 is 14.3 Å². The molecule has 1 aromatic carbocycles. The number of carbonyl (C=O) groups is 2. The minimum Gasteiger partial charge on any atom is -0.373 e. The van der Waals surface area contributed by atoms with Gasteiger partial charge in [-0.3, -0.25) is 14.5 Å². The van der Waals surface area contributed by atoms with Gasteiger partial charge in [-0.15, -0.1) is 0 Å². The smallest absolute Gasteiger partial charge is 0.251 e. The number of anilines is 1. The lowest BCUT2D eigenvalue weighted by Gasteiger charge is -2.35. The van der Waals surface area contributed by atoms with Gasteiger partial charge in [0.1, 0.15) is 0 Å². The summed E-state index contributed by atoms with van der Waals surface area (Å²) in [6, 6.07) is 7.35. The first-order valence-corrected chi connectivity index (χ1v) is 10.1. The molecule has 0 bridgehead atoms. The molecule has 2 fully saturated rings. The highest BCUT2D eigenvalue weighted by atomic mass is 16.5. The van der Waals surface area contributed by atoms with Crippen molar-refractivity contribution in [2.24, 2.45) is 0 Å². The number of hydrogen-bond donors (Lipinski definition) is 1. The summed E-state index contributed by atoms with van der Waals surface area (Å²) < 4.78 is 5.74. The molecule has 0 radical (unpaired) electrons. The topological polar surface area (TPSA) is 61.9 Å². The molecule has 3 rings (SSSR count). The van der Waals surface area contributed by atoms with Crippen LogP contribution in [0.15, 0.2) is 24.3 Å². The summed E-state index contributed by atoms with van der Waals surface area (Å²) in [7, 11) is 0. The Hall–Kier alpha value is -1.92. The number of rotatable bonds is 6. The Kier molecular flexibility index (Phi) is 6.85. The van der Waals surface area contributed by atoms with E-state index in [0.29, 0.717) is 18.5 Å². The normalized spacial score (nSPS) is 24.1. The molecule has 1 N–H and O–H groups in total. The van der Waals surface area contributed by atoms with Gasteiger partial charge in [0.25, 0.3) is 5.91 Å². The van der Waals surface area contributed by atoms with Crippen LogP contribution in [0.2, 0.25) is 0 Å². The lowest BCUT2D eigenvalue weighted by atomic mass is 10.1. The van der Waals surface area contributed by atoms with Crippen molar-refractivity contribution in [3.05, 3.63) is 29.8 Å². The van der Waals surface area contributed by atoms with Crippen LogP contribution in [0.25, 0.3) is 0 Å². The summed E-state index contributed by atoms with van der Waals surface area (Å²) in [6.45, 7) is 8.50. The fourth-order valence-electron chi connectivity index (χ4n) is 3.95. The Morgan fingerprint density at radius 3 is 2.52 bits per heavy atom. The predicted octanol–water partition coefficient (Wildman–Crippen LogP) is 2.43. The van der Waals surface area contributed by atoms with Gasteiger partial charge < -0.3 is 15.0 Å². The van der Waals surface area contributed by atoms with Gasteiger partial charge in [-0.2, -0.15) is 0 Å². The van der Waals surface area contributed by atoms with Crippen LogP contribution >= 0.6 is 0 Å². The predicted molar refractivity (Wildman–Crippen MR) is 106 cm³/mol. The van der Waals surface area contributed by atoms with Crippen LogP contribution in [-0.2, 0) is 9.53 Å². The maximum atomic E-state index is 12.3. The zero-order valence-electron chi connectivity index (χ0n) is 16.4. The van der Waals surface area contributed by atoms with Crippen molar-refractivity contribution in [3.8, 4) is 0 Å². The molecule has 27 heavy (non-hydrogen) atoms. The number of piperidine rings is 1. The Bertz CT molecular complexity index is 637. The van der Waals surface area contributed by atoms with Crippen molar-refractivity contribution in [1.82, 2.24) is 10.2 Å².